The number of nitrogens with one attached hydrogen (secondary N) is 1. The van der Waals surface area contributed by atoms with Gasteiger partial charge in [0.15, 0.2) is 0 Å². The summed E-state index contributed by atoms with van der Waals surface area (Å²) in [7, 11) is 1.90. The van der Waals surface area contributed by atoms with Crippen molar-refractivity contribution in [3.05, 3.63) is 47.8 Å². The van der Waals surface area contributed by atoms with Crippen LogP contribution in [0.5, 0.6) is 0 Å². The zero-order valence-corrected chi connectivity index (χ0v) is 8.05. The van der Waals surface area contributed by atoms with Crippen molar-refractivity contribution in [1.82, 2.24) is 5.32 Å². The van der Waals surface area contributed by atoms with Crippen LogP contribution in [-0.2, 0) is 6.54 Å². The number of benzene rings is 2. The van der Waals surface area contributed by atoms with Crippen LogP contribution in [0, 0.1) is 5.82 Å². The van der Waals surface area contributed by atoms with E-state index in [2.05, 4.69) is 5.32 Å². The fourth-order valence-corrected chi connectivity index (χ4v) is 1.61. The Labute approximate surface area is 82.6 Å². The Bertz CT molecular complexity index is 451. The third kappa shape index (κ3) is 1.61. The Morgan fingerprint density at radius 3 is 2.86 bits per heavy atom. The second-order valence-electron chi connectivity index (χ2n) is 3.33. The summed E-state index contributed by atoms with van der Waals surface area (Å²) in [4.78, 5) is 0. The van der Waals surface area contributed by atoms with Crippen LogP contribution >= 0.6 is 0 Å². The molecule has 2 rings (SSSR count). The van der Waals surface area contributed by atoms with Crippen LogP contribution in [0.25, 0.3) is 10.8 Å². The lowest BCUT2D eigenvalue weighted by molar-refractivity contribution is 0.640. The van der Waals surface area contributed by atoms with E-state index in [1.807, 2.05) is 31.3 Å². The molecule has 0 atom stereocenters. The van der Waals surface area contributed by atoms with Gasteiger partial charge in [-0.2, -0.15) is 0 Å². The fraction of sp³-hybridized carbons (Fsp3) is 0.167. The molecule has 0 bridgehead atoms. The molecule has 1 nitrogen and oxygen atoms in total. The van der Waals surface area contributed by atoms with Crippen LogP contribution in [0.15, 0.2) is 36.4 Å². The molecule has 0 spiro atoms. The molecule has 0 aliphatic rings. The molecule has 0 aromatic heterocycles. The van der Waals surface area contributed by atoms with E-state index in [4.69, 9.17) is 0 Å². The van der Waals surface area contributed by atoms with Gasteiger partial charge in [-0.15, -0.1) is 0 Å². The molecule has 0 saturated heterocycles. The van der Waals surface area contributed by atoms with Crippen molar-refractivity contribution in [2.24, 2.45) is 0 Å². The molecule has 0 amide bonds. The largest absolute Gasteiger partial charge is 0.316 e. The van der Waals surface area contributed by atoms with Gasteiger partial charge in [0.05, 0.1) is 0 Å². The second-order valence-corrected chi connectivity index (χ2v) is 3.33. The maximum absolute atomic E-state index is 13.3. The lowest BCUT2D eigenvalue weighted by atomic mass is 10.1. The molecule has 0 aliphatic heterocycles. The third-order valence-corrected chi connectivity index (χ3v) is 2.27. The van der Waals surface area contributed by atoms with E-state index in [1.165, 1.54) is 11.6 Å². The average Bonchev–Trinajstić information content (AvgIpc) is 2.18. The maximum Gasteiger partial charge on any atom is 0.131 e. The zero-order valence-electron chi connectivity index (χ0n) is 8.05. The molecule has 72 valence electrons. The van der Waals surface area contributed by atoms with Crippen LogP contribution in [0.3, 0.4) is 0 Å². The van der Waals surface area contributed by atoms with Gasteiger partial charge in [-0.05, 0) is 30.1 Å². The lowest BCUT2D eigenvalue weighted by Crippen LogP contribution is -2.04. The highest BCUT2D eigenvalue weighted by atomic mass is 19.1. The SMILES string of the molecule is CNCc1ccc2c(F)cccc2c1. The van der Waals surface area contributed by atoms with Crippen LogP contribution in [-0.4, -0.2) is 7.05 Å². The summed E-state index contributed by atoms with van der Waals surface area (Å²) in [5.41, 5.74) is 1.17. The van der Waals surface area contributed by atoms with Gasteiger partial charge in [-0.25, -0.2) is 4.39 Å². The minimum absolute atomic E-state index is 0.154. The summed E-state index contributed by atoms with van der Waals surface area (Å²) < 4.78 is 13.3. The first-order chi connectivity index (χ1) is 6.81. The summed E-state index contributed by atoms with van der Waals surface area (Å²) >= 11 is 0. The smallest absolute Gasteiger partial charge is 0.131 e. The van der Waals surface area contributed by atoms with Crippen molar-refractivity contribution < 1.29 is 4.39 Å². The first-order valence-electron chi connectivity index (χ1n) is 4.63. The van der Waals surface area contributed by atoms with Gasteiger partial charge in [0.1, 0.15) is 5.82 Å². The van der Waals surface area contributed by atoms with Crippen molar-refractivity contribution in [2.75, 3.05) is 7.05 Å². The Morgan fingerprint density at radius 2 is 2.07 bits per heavy atom. The molecule has 0 heterocycles. The summed E-state index contributed by atoms with van der Waals surface area (Å²) in [6.45, 7) is 0.812. The summed E-state index contributed by atoms with van der Waals surface area (Å²) in [6, 6.07) is 10.9. The minimum atomic E-state index is -0.154. The van der Waals surface area contributed by atoms with Crippen molar-refractivity contribution in [2.45, 2.75) is 6.54 Å². The summed E-state index contributed by atoms with van der Waals surface area (Å²) in [6.07, 6.45) is 0. The molecular weight excluding hydrogens is 177 g/mol. The molecule has 2 aromatic rings. The van der Waals surface area contributed by atoms with Gasteiger partial charge >= 0.3 is 0 Å². The molecular formula is C12H12FN. The first kappa shape index (κ1) is 9.16. The second kappa shape index (κ2) is 3.76. The van der Waals surface area contributed by atoms with E-state index < -0.39 is 0 Å². The van der Waals surface area contributed by atoms with Gasteiger partial charge in [-0.1, -0.05) is 24.3 Å². The van der Waals surface area contributed by atoms with E-state index in [9.17, 15) is 4.39 Å². The Hall–Kier alpha value is -1.41. The van der Waals surface area contributed by atoms with Crippen molar-refractivity contribution in [1.29, 1.82) is 0 Å². The van der Waals surface area contributed by atoms with Crippen LogP contribution in [0.2, 0.25) is 0 Å². The predicted octanol–water partition coefficient (Wildman–Crippen LogP) is 2.70. The molecule has 0 saturated carbocycles. The Kier molecular flexibility index (Phi) is 2.46. The minimum Gasteiger partial charge on any atom is -0.316 e. The zero-order chi connectivity index (χ0) is 9.97. The standard InChI is InChI=1S/C12H12FN/c1-14-8-9-5-6-11-10(7-9)3-2-4-12(11)13/h2-7,14H,8H2,1H3. The maximum atomic E-state index is 13.3. The predicted molar refractivity (Wildman–Crippen MR) is 56.7 cm³/mol. The highest BCUT2D eigenvalue weighted by molar-refractivity contribution is 5.83. The Balaban J connectivity index is 2.56. The highest BCUT2D eigenvalue weighted by Crippen LogP contribution is 2.18. The quantitative estimate of drug-likeness (QED) is 0.765. The number of halogens is 1. The fourth-order valence-electron chi connectivity index (χ4n) is 1.61. The molecule has 14 heavy (non-hydrogen) atoms. The van der Waals surface area contributed by atoms with Gasteiger partial charge in [0, 0.05) is 11.9 Å². The summed E-state index contributed by atoms with van der Waals surface area (Å²) in [5.74, 6) is -0.154. The van der Waals surface area contributed by atoms with Gasteiger partial charge in [-0.3, -0.25) is 0 Å². The Morgan fingerprint density at radius 1 is 1.21 bits per heavy atom. The molecule has 0 unspecified atom stereocenters. The van der Waals surface area contributed by atoms with Crippen molar-refractivity contribution in [3.8, 4) is 0 Å². The van der Waals surface area contributed by atoms with E-state index in [-0.39, 0.29) is 5.82 Å². The van der Waals surface area contributed by atoms with Gasteiger partial charge in [0.2, 0.25) is 0 Å². The number of hydrogen-bond acceptors (Lipinski definition) is 1. The van der Waals surface area contributed by atoms with E-state index >= 15 is 0 Å². The van der Waals surface area contributed by atoms with Gasteiger partial charge in [0.25, 0.3) is 0 Å². The highest BCUT2D eigenvalue weighted by Gasteiger charge is 1.99. The molecule has 0 aliphatic carbocycles. The molecule has 1 N–H and O–H groups in total. The lowest BCUT2D eigenvalue weighted by Gasteiger charge is -2.03. The summed E-state index contributed by atoms with van der Waals surface area (Å²) in [5, 5.41) is 4.71. The van der Waals surface area contributed by atoms with Crippen LogP contribution in [0.1, 0.15) is 5.56 Å². The van der Waals surface area contributed by atoms with E-state index in [0.29, 0.717) is 5.39 Å². The number of fused-ring (bicyclic) bond motifs is 1. The van der Waals surface area contributed by atoms with Gasteiger partial charge < -0.3 is 5.32 Å². The number of rotatable bonds is 2. The topological polar surface area (TPSA) is 12.0 Å². The number of hydrogen-bond donors (Lipinski definition) is 1. The van der Waals surface area contributed by atoms with Crippen LogP contribution in [0.4, 0.5) is 4.39 Å². The monoisotopic (exact) mass is 189 g/mol. The van der Waals surface area contributed by atoms with Crippen LogP contribution < -0.4 is 5.32 Å². The average molecular weight is 189 g/mol. The van der Waals surface area contributed by atoms with E-state index in [0.717, 1.165) is 11.9 Å². The normalized spacial score (nSPS) is 10.7. The third-order valence-electron chi connectivity index (χ3n) is 2.27. The van der Waals surface area contributed by atoms with Crippen molar-refractivity contribution >= 4 is 10.8 Å². The van der Waals surface area contributed by atoms with E-state index in [1.54, 1.807) is 6.07 Å². The first-order valence-corrected chi connectivity index (χ1v) is 4.63. The molecule has 2 heteroatoms. The molecule has 2 aromatic carbocycles. The van der Waals surface area contributed by atoms with Crippen molar-refractivity contribution in [3.63, 3.8) is 0 Å². The molecule has 0 radical (unpaired) electrons. The molecule has 0 fully saturated rings.